The molecule has 2 aromatic carbocycles. The normalized spacial score (nSPS) is 12.6. The molecule has 0 aliphatic heterocycles. The van der Waals surface area contributed by atoms with Gasteiger partial charge in [-0.1, -0.05) is 0 Å². The smallest absolute Gasteiger partial charge is 1.00 e. The molecule has 0 saturated carbocycles. The molecule has 2 aromatic rings. The Hall–Kier alpha value is -1.94. The number of rotatable bonds is 12. The molecule has 3 unspecified atom stereocenters. The van der Waals surface area contributed by atoms with Crippen molar-refractivity contribution < 1.29 is 58.2 Å². The monoisotopic (exact) mass is 460 g/mol. The average Bonchev–Trinajstić information content (AvgIpc) is 2.79. The van der Waals surface area contributed by atoms with E-state index in [1.165, 1.54) is 28.4 Å². The maximum Gasteiger partial charge on any atom is 1.00 e. The molecule has 8 nitrogen and oxygen atoms in total. The van der Waals surface area contributed by atoms with Crippen molar-refractivity contribution in [3.8, 4) is 28.7 Å². The summed E-state index contributed by atoms with van der Waals surface area (Å²) >= 11 is 0. The maximum atomic E-state index is 13.3. The van der Waals surface area contributed by atoms with Gasteiger partial charge in [0.05, 0.1) is 21.3 Å². The van der Waals surface area contributed by atoms with Crippen LogP contribution in [0, 0.1) is 0 Å². The van der Waals surface area contributed by atoms with E-state index in [0.717, 1.165) is 0 Å². The molecule has 0 heterocycles. The van der Waals surface area contributed by atoms with Crippen molar-refractivity contribution in [3.05, 3.63) is 35.9 Å². The summed E-state index contributed by atoms with van der Waals surface area (Å²) in [6, 6.07) is 8.55. The van der Waals surface area contributed by atoms with Crippen LogP contribution in [0.1, 0.15) is 25.6 Å². The van der Waals surface area contributed by atoms with Crippen molar-refractivity contribution in [2.24, 2.45) is 0 Å². The topological polar surface area (TPSA) is 81.7 Å². The fraction of sp³-hybridized carbons (Fsp3) is 0.409. The summed E-state index contributed by atoms with van der Waals surface area (Å²) in [7, 11) is 7.35. The van der Waals surface area contributed by atoms with Gasteiger partial charge in [0.1, 0.15) is 34.3 Å². The SMILES string of the molecule is COc1cc(OC)c(C(=O)Pc2ccc(OC(C)OC)cc2OC(C)OC)c(OC)c1.[H-].[Li+]. The molecule has 0 aliphatic carbocycles. The predicted octanol–water partition coefficient (Wildman–Crippen LogP) is 0.716. The molecule has 0 N–H and O–H groups in total. The number of hydrogen-bond donors (Lipinski definition) is 0. The number of methoxy groups -OCH3 is 5. The summed E-state index contributed by atoms with van der Waals surface area (Å²) in [5.41, 5.74) is 0.161. The van der Waals surface area contributed by atoms with Gasteiger partial charge >= 0.3 is 18.9 Å². The van der Waals surface area contributed by atoms with E-state index >= 15 is 0 Å². The van der Waals surface area contributed by atoms with E-state index < -0.39 is 12.6 Å². The minimum atomic E-state index is -0.515. The van der Waals surface area contributed by atoms with E-state index in [1.54, 1.807) is 51.3 Å². The maximum absolute atomic E-state index is 13.3. The molecule has 0 fully saturated rings. The Kier molecular flexibility index (Phi) is 11.9. The number of carbonyl (C=O) groups excluding carboxylic acids is 1. The molecule has 172 valence electrons. The fourth-order valence-electron chi connectivity index (χ4n) is 2.66. The van der Waals surface area contributed by atoms with Gasteiger partial charge in [0.15, 0.2) is 18.1 Å². The molecule has 32 heavy (non-hydrogen) atoms. The molecule has 0 bridgehead atoms. The zero-order chi connectivity index (χ0) is 23.0. The largest absolute Gasteiger partial charge is 1.00 e. The van der Waals surface area contributed by atoms with E-state index in [4.69, 9.17) is 33.2 Å². The number of hydrogen-bond acceptors (Lipinski definition) is 8. The second-order valence-corrected chi connectivity index (χ2v) is 7.60. The fourth-order valence-corrected chi connectivity index (χ4v) is 3.69. The van der Waals surface area contributed by atoms with Crippen LogP contribution in [0.5, 0.6) is 28.7 Å². The summed E-state index contributed by atoms with van der Waals surface area (Å²) in [6.07, 6.45) is -0.950. The quantitative estimate of drug-likeness (QED) is 0.260. The predicted molar refractivity (Wildman–Crippen MR) is 120 cm³/mol. The van der Waals surface area contributed by atoms with Crippen LogP contribution in [0.4, 0.5) is 0 Å². The van der Waals surface area contributed by atoms with E-state index in [1.807, 2.05) is 0 Å². The summed E-state index contributed by atoms with van der Waals surface area (Å²) in [6.45, 7) is 3.54. The van der Waals surface area contributed by atoms with Gasteiger partial charge < -0.3 is 34.6 Å². The van der Waals surface area contributed by atoms with Crippen molar-refractivity contribution in [1.82, 2.24) is 0 Å². The second-order valence-electron chi connectivity index (χ2n) is 6.36. The van der Waals surface area contributed by atoms with Gasteiger partial charge in [-0.15, -0.1) is 0 Å². The first kappa shape index (κ1) is 28.1. The third-order valence-electron chi connectivity index (χ3n) is 4.40. The first-order chi connectivity index (χ1) is 14.9. The molecule has 0 aliphatic rings. The van der Waals surface area contributed by atoms with Crippen LogP contribution in [0.3, 0.4) is 0 Å². The first-order valence-electron chi connectivity index (χ1n) is 9.51. The van der Waals surface area contributed by atoms with Gasteiger partial charge in [-0.3, -0.25) is 4.79 Å². The number of carbonyl (C=O) groups is 1. The molecule has 0 aromatic heterocycles. The van der Waals surface area contributed by atoms with E-state index in [2.05, 4.69) is 0 Å². The Morgan fingerprint density at radius 1 is 0.781 bits per heavy atom. The average molecular weight is 460 g/mol. The van der Waals surface area contributed by atoms with Gasteiger partial charge in [-0.2, -0.15) is 0 Å². The van der Waals surface area contributed by atoms with E-state index in [-0.39, 0.29) is 34.4 Å². The molecule has 0 radical (unpaired) electrons. The Balaban J connectivity index is 0.00000512. The first-order valence-corrected chi connectivity index (χ1v) is 10.5. The molecular weight excluding hydrogens is 430 g/mol. The van der Waals surface area contributed by atoms with Gasteiger partial charge in [-0.05, 0) is 34.6 Å². The van der Waals surface area contributed by atoms with E-state index in [9.17, 15) is 4.79 Å². The van der Waals surface area contributed by atoms with Crippen molar-refractivity contribution >= 4 is 19.4 Å². The molecule has 10 heteroatoms. The summed E-state index contributed by atoms with van der Waals surface area (Å²) in [5.74, 6) is 2.30. The molecule has 3 atom stereocenters. The molecule has 0 saturated heterocycles. The summed E-state index contributed by atoms with van der Waals surface area (Å²) in [5, 5.41) is 0.686. The summed E-state index contributed by atoms with van der Waals surface area (Å²) in [4.78, 5) is 13.3. The molecule has 0 spiro atoms. The zero-order valence-corrected chi connectivity index (χ0v) is 20.8. The van der Waals surface area contributed by atoms with Crippen LogP contribution in [0.2, 0.25) is 0 Å². The van der Waals surface area contributed by atoms with Gasteiger partial charge in [0, 0.05) is 37.7 Å². The zero-order valence-electron chi connectivity index (χ0n) is 20.8. The Bertz CT molecular complexity index is 874. The van der Waals surface area contributed by atoms with Crippen LogP contribution in [0.25, 0.3) is 0 Å². The minimum Gasteiger partial charge on any atom is -1.00 e. The standard InChI is InChI=1S/C22H29O8P.Li.H/c1-13(24-3)29-15-8-9-20(17(10-15)30-14(2)25-4)31-22(23)21-18(27-6)11-16(26-5)12-19(21)28-7;;/h8-14,31H,1-7H3;;/q;+1;-1. The van der Waals surface area contributed by atoms with Crippen LogP contribution in [0.15, 0.2) is 30.3 Å². The number of benzene rings is 2. The Morgan fingerprint density at radius 3 is 1.81 bits per heavy atom. The van der Waals surface area contributed by atoms with Gasteiger partial charge in [-0.25, -0.2) is 0 Å². The van der Waals surface area contributed by atoms with Crippen LogP contribution >= 0.6 is 8.58 Å². The van der Waals surface area contributed by atoms with Crippen molar-refractivity contribution in [2.75, 3.05) is 35.5 Å². The molecule has 2 rings (SSSR count). The van der Waals surface area contributed by atoms with Crippen molar-refractivity contribution in [1.29, 1.82) is 0 Å². The third-order valence-corrected chi connectivity index (χ3v) is 5.56. The van der Waals surface area contributed by atoms with Crippen molar-refractivity contribution in [2.45, 2.75) is 26.4 Å². The van der Waals surface area contributed by atoms with Crippen LogP contribution in [-0.4, -0.2) is 53.7 Å². The second kappa shape index (κ2) is 13.6. The van der Waals surface area contributed by atoms with Crippen molar-refractivity contribution in [3.63, 3.8) is 0 Å². The van der Waals surface area contributed by atoms with Crippen LogP contribution in [-0.2, 0) is 9.47 Å². The van der Waals surface area contributed by atoms with Gasteiger partial charge in [0.25, 0.3) is 0 Å². The molecular formula is C22H30LiO8P. The third kappa shape index (κ3) is 7.30. The molecule has 0 amide bonds. The minimum absolute atomic E-state index is 0. The summed E-state index contributed by atoms with van der Waals surface area (Å²) < 4.78 is 38.0. The van der Waals surface area contributed by atoms with Crippen LogP contribution < -0.4 is 47.8 Å². The van der Waals surface area contributed by atoms with E-state index in [0.29, 0.717) is 39.6 Å². The Labute approximate surface area is 204 Å². The Morgan fingerprint density at radius 2 is 1.31 bits per heavy atom. The number of ether oxygens (including phenoxy) is 7. The van der Waals surface area contributed by atoms with Gasteiger partial charge in [0.2, 0.25) is 0 Å².